The van der Waals surface area contributed by atoms with E-state index in [1.807, 2.05) is 0 Å². The molecule has 0 radical (unpaired) electrons. The van der Waals surface area contributed by atoms with Gasteiger partial charge in [0.25, 0.3) is 0 Å². The quantitative estimate of drug-likeness (QED) is 0.394. The van der Waals surface area contributed by atoms with Gasteiger partial charge in [-0.25, -0.2) is 0 Å². The first-order valence-electron chi connectivity index (χ1n) is 9.71. The van der Waals surface area contributed by atoms with Gasteiger partial charge in [0, 0.05) is 18.9 Å². The number of carbonyl (C=O) groups excluding carboxylic acids is 1. The fraction of sp³-hybridized carbons (Fsp3) is 0.381. The molecular weight excluding hydrogens is 408 g/mol. The van der Waals surface area contributed by atoms with Crippen LogP contribution < -0.4 is 10.1 Å². The summed E-state index contributed by atoms with van der Waals surface area (Å²) in [6.07, 6.45) is -5.38. The number of ether oxygens (including phenoxy) is 2. The van der Waals surface area contributed by atoms with Gasteiger partial charge in [0.1, 0.15) is 23.9 Å². The van der Waals surface area contributed by atoms with Crippen LogP contribution >= 0.6 is 0 Å². The number of amides is 1. The normalized spacial score (nSPS) is 34.2. The SMILES string of the molecule is CC(=O)N[C@H]1[C@H](Oc2ccccc2[N+](=O)[O-])O[C@@H]2C(O)C(c3ccccc3)[C@]2(O)[C@@H]1O. The fourth-order valence-corrected chi connectivity index (χ4v) is 4.43. The van der Waals surface area contributed by atoms with Crippen molar-refractivity contribution < 1.29 is 34.5 Å². The molecule has 164 valence electrons. The Morgan fingerprint density at radius 2 is 1.81 bits per heavy atom. The first-order valence-corrected chi connectivity index (χ1v) is 9.71. The van der Waals surface area contributed by atoms with Crippen molar-refractivity contribution in [2.24, 2.45) is 0 Å². The van der Waals surface area contributed by atoms with Gasteiger partial charge in [-0.15, -0.1) is 0 Å². The van der Waals surface area contributed by atoms with Crippen LogP contribution in [0.5, 0.6) is 5.75 Å². The maximum absolute atomic E-state index is 11.8. The number of hydrogen-bond donors (Lipinski definition) is 4. The van der Waals surface area contributed by atoms with E-state index in [4.69, 9.17) is 9.47 Å². The number of aliphatic hydroxyl groups excluding tert-OH is 2. The highest BCUT2D eigenvalue weighted by atomic mass is 16.7. The molecule has 1 aliphatic carbocycles. The number of aliphatic hydroxyl groups is 3. The van der Waals surface area contributed by atoms with Crippen LogP contribution in [0.25, 0.3) is 0 Å². The third-order valence-corrected chi connectivity index (χ3v) is 5.83. The van der Waals surface area contributed by atoms with Gasteiger partial charge in [-0.2, -0.15) is 0 Å². The van der Waals surface area contributed by atoms with Gasteiger partial charge in [-0.1, -0.05) is 42.5 Å². The smallest absolute Gasteiger partial charge is 0.311 e. The number of benzene rings is 2. The summed E-state index contributed by atoms with van der Waals surface area (Å²) in [7, 11) is 0. The van der Waals surface area contributed by atoms with Gasteiger partial charge in [0.05, 0.1) is 11.0 Å². The first-order chi connectivity index (χ1) is 14.7. The Balaban J connectivity index is 1.67. The summed E-state index contributed by atoms with van der Waals surface area (Å²) >= 11 is 0. The topological polar surface area (TPSA) is 151 Å². The Labute approximate surface area is 177 Å². The number of nitro groups is 1. The van der Waals surface area contributed by atoms with Crippen molar-refractivity contribution in [1.82, 2.24) is 5.32 Å². The standard InChI is InChI=1S/C21H22N2O8/c1-11(24)22-16-18(26)21(27)15(12-7-3-2-4-8-12)17(25)19(21)31-20(16)30-14-10-6-5-9-13(14)23(28)29/h2-10,15-20,25-27H,1H3,(H,22,24)/t15?,16-,17?,18-,19-,20-,21+/m1/s1. The zero-order valence-corrected chi connectivity index (χ0v) is 16.5. The second-order valence-electron chi connectivity index (χ2n) is 7.71. The molecule has 0 aromatic heterocycles. The van der Waals surface area contributed by atoms with E-state index in [1.165, 1.54) is 31.2 Å². The molecule has 7 atom stereocenters. The van der Waals surface area contributed by atoms with Gasteiger partial charge >= 0.3 is 5.69 Å². The number of nitrogens with one attached hydrogen (secondary N) is 1. The highest BCUT2D eigenvalue weighted by Crippen LogP contribution is 2.53. The van der Waals surface area contributed by atoms with Gasteiger partial charge in [0.2, 0.25) is 12.2 Å². The van der Waals surface area contributed by atoms with Crippen LogP contribution in [0.2, 0.25) is 0 Å². The Hall–Kier alpha value is -3.05. The fourth-order valence-electron chi connectivity index (χ4n) is 4.43. The molecule has 4 N–H and O–H groups in total. The van der Waals surface area contributed by atoms with Gasteiger partial charge in [0.15, 0.2) is 5.75 Å². The number of rotatable bonds is 5. The number of nitro benzene ring substituents is 1. The van der Waals surface area contributed by atoms with Crippen LogP contribution in [0.1, 0.15) is 18.4 Å². The third-order valence-electron chi connectivity index (χ3n) is 5.83. The van der Waals surface area contributed by atoms with E-state index in [0.29, 0.717) is 5.56 Å². The average Bonchev–Trinajstić information content (AvgIpc) is 2.74. The van der Waals surface area contributed by atoms with E-state index in [2.05, 4.69) is 5.32 Å². The molecule has 2 unspecified atom stereocenters. The number of nitrogens with zero attached hydrogens (tertiary/aromatic N) is 1. The molecule has 1 heterocycles. The largest absolute Gasteiger partial charge is 0.455 e. The van der Waals surface area contributed by atoms with Gasteiger partial charge in [-0.3, -0.25) is 14.9 Å². The monoisotopic (exact) mass is 430 g/mol. The number of hydrogen-bond acceptors (Lipinski definition) is 8. The molecule has 0 spiro atoms. The van der Waals surface area contributed by atoms with Crippen molar-refractivity contribution in [3.8, 4) is 5.75 Å². The minimum Gasteiger partial charge on any atom is -0.455 e. The summed E-state index contributed by atoms with van der Waals surface area (Å²) < 4.78 is 11.4. The van der Waals surface area contributed by atoms with Crippen molar-refractivity contribution in [3.05, 3.63) is 70.3 Å². The molecular formula is C21H22N2O8. The Bertz CT molecular complexity index is 986. The van der Waals surface area contributed by atoms with Gasteiger partial charge in [-0.05, 0) is 11.6 Å². The average molecular weight is 430 g/mol. The van der Waals surface area contributed by atoms with Crippen molar-refractivity contribution in [1.29, 1.82) is 0 Å². The zero-order valence-electron chi connectivity index (χ0n) is 16.5. The zero-order chi connectivity index (χ0) is 22.3. The molecule has 2 aromatic carbocycles. The highest BCUT2D eigenvalue weighted by molar-refractivity contribution is 5.73. The Morgan fingerprint density at radius 1 is 1.16 bits per heavy atom. The van der Waals surface area contributed by atoms with Crippen molar-refractivity contribution in [3.63, 3.8) is 0 Å². The second-order valence-corrected chi connectivity index (χ2v) is 7.71. The minimum atomic E-state index is -1.91. The maximum Gasteiger partial charge on any atom is 0.311 e. The summed E-state index contributed by atoms with van der Waals surface area (Å²) in [5, 5.41) is 46.9. The number of carbonyl (C=O) groups is 1. The van der Waals surface area contributed by atoms with E-state index >= 15 is 0 Å². The molecule has 2 aromatic rings. The molecule has 2 fully saturated rings. The summed E-state index contributed by atoms with van der Waals surface area (Å²) in [5.41, 5.74) is -1.65. The molecule has 2 aliphatic rings. The van der Waals surface area contributed by atoms with Crippen LogP contribution in [0, 0.1) is 10.1 Å². The van der Waals surface area contributed by atoms with Gasteiger partial charge < -0.3 is 30.1 Å². The lowest BCUT2D eigenvalue weighted by molar-refractivity contribution is -0.388. The van der Waals surface area contributed by atoms with E-state index in [-0.39, 0.29) is 11.4 Å². The molecule has 4 rings (SSSR count). The van der Waals surface area contributed by atoms with Crippen LogP contribution in [-0.4, -0.2) is 62.4 Å². The third kappa shape index (κ3) is 3.43. The predicted octanol–water partition coefficient (Wildman–Crippen LogP) is 0.453. The lowest BCUT2D eigenvalue weighted by atomic mass is 9.56. The molecule has 1 saturated carbocycles. The van der Waals surface area contributed by atoms with Crippen molar-refractivity contribution in [2.45, 2.75) is 49.1 Å². The Morgan fingerprint density at radius 3 is 2.45 bits per heavy atom. The molecule has 10 heteroatoms. The van der Waals surface area contributed by atoms with Crippen molar-refractivity contribution in [2.75, 3.05) is 0 Å². The molecule has 1 amide bonds. The van der Waals surface area contributed by atoms with E-state index in [9.17, 15) is 30.2 Å². The number of fused-ring (bicyclic) bond motifs is 1. The maximum atomic E-state index is 11.8. The molecule has 31 heavy (non-hydrogen) atoms. The van der Waals surface area contributed by atoms with Crippen molar-refractivity contribution >= 4 is 11.6 Å². The van der Waals surface area contributed by atoms with Crippen LogP contribution in [0.15, 0.2) is 54.6 Å². The minimum absolute atomic E-state index is 0.140. The van der Waals surface area contributed by atoms with E-state index in [0.717, 1.165) is 0 Å². The lowest BCUT2D eigenvalue weighted by Gasteiger charge is -2.62. The predicted molar refractivity (Wildman–Crippen MR) is 106 cm³/mol. The van der Waals surface area contributed by atoms with Crippen LogP contribution in [-0.2, 0) is 9.53 Å². The lowest BCUT2D eigenvalue weighted by Crippen LogP contribution is -2.82. The van der Waals surface area contributed by atoms with Crippen LogP contribution in [0.4, 0.5) is 5.69 Å². The first kappa shape index (κ1) is 21.2. The highest BCUT2D eigenvalue weighted by Gasteiger charge is 2.71. The summed E-state index contributed by atoms with van der Waals surface area (Å²) in [6, 6.07) is 13.0. The second kappa shape index (κ2) is 7.89. The van der Waals surface area contributed by atoms with E-state index < -0.39 is 53.0 Å². The summed E-state index contributed by atoms with van der Waals surface area (Å²) in [5.74, 6) is -1.53. The van der Waals surface area contributed by atoms with E-state index in [1.54, 1.807) is 30.3 Å². The molecule has 1 aliphatic heterocycles. The molecule has 10 nitrogen and oxygen atoms in total. The number of para-hydroxylation sites is 2. The van der Waals surface area contributed by atoms with Crippen LogP contribution in [0.3, 0.4) is 0 Å². The Kier molecular flexibility index (Phi) is 5.40. The summed E-state index contributed by atoms with van der Waals surface area (Å²) in [6.45, 7) is 1.22. The summed E-state index contributed by atoms with van der Waals surface area (Å²) in [4.78, 5) is 22.5. The molecule has 0 bridgehead atoms. The molecule has 1 saturated heterocycles.